The number of carbonyl (C=O) groups excluding carboxylic acids is 1. The molecule has 2 aromatic carbocycles. The summed E-state index contributed by atoms with van der Waals surface area (Å²) in [6.45, 7) is 9.20. The summed E-state index contributed by atoms with van der Waals surface area (Å²) in [4.78, 5) is 27.1. The summed E-state index contributed by atoms with van der Waals surface area (Å²) in [6.07, 6.45) is 1.45. The van der Waals surface area contributed by atoms with Gasteiger partial charge in [-0.25, -0.2) is 9.97 Å². The maximum atomic E-state index is 13.4. The summed E-state index contributed by atoms with van der Waals surface area (Å²) in [7, 11) is 1.50. The van der Waals surface area contributed by atoms with Gasteiger partial charge in [-0.3, -0.25) is 4.79 Å². The number of methoxy groups -OCH3 is 1. The number of benzene rings is 2. The average Bonchev–Trinajstić information content (AvgIpc) is 3.40. The predicted molar refractivity (Wildman–Crippen MR) is 165 cm³/mol. The Bertz CT molecular complexity index is 1540. The first-order valence-corrected chi connectivity index (χ1v) is 14.8. The number of fused-ring (bicyclic) bond motifs is 1. The van der Waals surface area contributed by atoms with Gasteiger partial charge < -0.3 is 25.2 Å². The second-order valence-corrected chi connectivity index (χ2v) is 11.5. The molecule has 1 fully saturated rings. The number of anilines is 4. The molecule has 0 spiro atoms. The second-order valence-electron chi connectivity index (χ2n) is 9.08. The third-order valence-electron chi connectivity index (χ3n) is 6.83. The van der Waals surface area contributed by atoms with Crippen LogP contribution < -0.4 is 20.3 Å². The van der Waals surface area contributed by atoms with Gasteiger partial charge >= 0.3 is 0 Å². The number of likely N-dealkylation sites (N-methyl/N-ethyl adjacent to an activating group) is 1. The van der Waals surface area contributed by atoms with Crippen LogP contribution in [0.3, 0.4) is 0 Å². The van der Waals surface area contributed by atoms with E-state index in [1.54, 1.807) is 5.38 Å². The summed E-state index contributed by atoms with van der Waals surface area (Å²) < 4.78 is 6.81. The number of piperazine rings is 1. The molecule has 3 heterocycles. The lowest BCUT2D eigenvalue weighted by molar-refractivity contribution is 0.102. The van der Waals surface area contributed by atoms with Crippen LogP contribution in [0.4, 0.5) is 22.9 Å². The topological polar surface area (TPSA) is 82.6 Å². The Labute approximate surface area is 249 Å². The molecule has 2 N–H and O–H groups in total. The van der Waals surface area contributed by atoms with Crippen molar-refractivity contribution >= 4 is 89.5 Å². The number of rotatable bonds is 7. The van der Waals surface area contributed by atoms with Crippen LogP contribution in [-0.2, 0) is 0 Å². The van der Waals surface area contributed by atoms with Crippen molar-refractivity contribution < 1.29 is 9.53 Å². The Balaban J connectivity index is 1.39. The fraction of sp³-hybridized carbons (Fsp3) is 0.296. The zero-order valence-electron chi connectivity index (χ0n) is 21.6. The average molecular weight is 650 g/mol. The van der Waals surface area contributed by atoms with Gasteiger partial charge in [-0.1, -0.05) is 36.2 Å². The number of carbonyl (C=O) groups is 1. The molecule has 4 aromatic rings. The lowest BCUT2D eigenvalue weighted by Gasteiger charge is -2.35. The van der Waals surface area contributed by atoms with Crippen LogP contribution in [0.15, 0.2) is 40.4 Å². The van der Waals surface area contributed by atoms with Crippen molar-refractivity contribution in [1.82, 2.24) is 14.9 Å². The van der Waals surface area contributed by atoms with Crippen molar-refractivity contribution in [2.24, 2.45) is 0 Å². The summed E-state index contributed by atoms with van der Waals surface area (Å²) in [5.74, 6) is 0.647. The van der Waals surface area contributed by atoms with E-state index in [1.165, 1.54) is 30.5 Å². The van der Waals surface area contributed by atoms with Crippen LogP contribution in [-0.4, -0.2) is 60.6 Å². The molecule has 12 heteroatoms. The van der Waals surface area contributed by atoms with E-state index < -0.39 is 0 Å². The summed E-state index contributed by atoms with van der Waals surface area (Å²) in [6, 6.07) is 8.31. The quantitative estimate of drug-likeness (QED) is 0.219. The highest BCUT2D eigenvalue weighted by Crippen LogP contribution is 2.46. The number of hydrogen-bond donors (Lipinski definition) is 2. The van der Waals surface area contributed by atoms with Crippen molar-refractivity contribution in [3.8, 4) is 5.75 Å². The van der Waals surface area contributed by atoms with Gasteiger partial charge in [-0.05, 0) is 53.2 Å². The van der Waals surface area contributed by atoms with E-state index in [0.717, 1.165) is 43.1 Å². The zero-order chi connectivity index (χ0) is 27.7. The minimum Gasteiger partial charge on any atom is -0.494 e. The van der Waals surface area contributed by atoms with E-state index >= 15 is 0 Å². The van der Waals surface area contributed by atoms with Gasteiger partial charge in [0.2, 0.25) is 0 Å². The summed E-state index contributed by atoms with van der Waals surface area (Å²) in [5.41, 5.74) is 4.00. The summed E-state index contributed by atoms with van der Waals surface area (Å²) in [5, 5.41) is 8.57. The van der Waals surface area contributed by atoms with Crippen LogP contribution in [0, 0.1) is 6.92 Å². The predicted octanol–water partition coefficient (Wildman–Crippen LogP) is 7.22. The highest BCUT2D eigenvalue weighted by molar-refractivity contribution is 9.10. The van der Waals surface area contributed by atoms with Gasteiger partial charge in [0.25, 0.3) is 5.91 Å². The minimum atomic E-state index is -0.383. The maximum absolute atomic E-state index is 13.4. The molecule has 0 saturated carbocycles. The van der Waals surface area contributed by atoms with E-state index in [1.807, 2.05) is 19.1 Å². The van der Waals surface area contributed by atoms with Gasteiger partial charge in [0.15, 0.2) is 11.6 Å². The standard InChI is InChI=1S/C27H27BrCl2N6O2S/c1-4-35-8-10-36(11-9-35)17-7-5-6-16(12-17)33-26-25-22(31-14-32-26)18(13-39-25)27(37)34-23-20(29)15(2)19(28)24(38-3)21(23)30/h5-7,12-14H,4,8-11H2,1-3H3,(H,34,37)(H,31,32,33). The SMILES string of the molecule is CCN1CCN(c2cccc(Nc3ncnc4c(C(=O)Nc5c(Cl)c(C)c(Br)c(OC)c5Cl)csc34)c2)CC1. The molecule has 1 aliphatic heterocycles. The molecule has 0 aliphatic carbocycles. The molecule has 0 radical (unpaired) electrons. The number of nitrogens with zero attached hydrogens (tertiary/aromatic N) is 4. The number of ether oxygens (including phenoxy) is 1. The summed E-state index contributed by atoms with van der Waals surface area (Å²) >= 11 is 17.9. The molecular formula is C27H27BrCl2N6O2S. The molecule has 0 unspecified atom stereocenters. The normalized spacial score (nSPS) is 14.1. The number of thiophene rings is 1. The fourth-order valence-electron chi connectivity index (χ4n) is 4.57. The molecular weight excluding hydrogens is 623 g/mol. The smallest absolute Gasteiger partial charge is 0.258 e. The third-order valence-corrected chi connectivity index (χ3v) is 9.59. The number of hydrogen-bond acceptors (Lipinski definition) is 8. The first kappa shape index (κ1) is 27.9. The lowest BCUT2D eigenvalue weighted by Crippen LogP contribution is -2.46. The van der Waals surface area contributed by atoms with E-state index in [-0.39, 0.29) is 16.6 Å². The molecule has 1 aliphatic rings. The second kappa shape index (κ2) is 11.9. The number of halogens is 3. The Morgan fingerprint density at radius 1 is 1.18 bits per heavy atom. The van der Waals surface area contributed by atoms with Crippen molar-refractivity contribution in [2.45, 2.75) is 13.8 Å². The van der Waals surface area contributed by atoms with Crippen LogP contribution in [0.5, 0.6) is 5.75 Å². The Hall–Kier alpha value is -2.63. The van der Waals surface area contributed by atoms with Crippen molar-refractivity contribution in [2.75, 3.05) is 55.4 Å². The Morgan fingerprint density at radius 2 is 1.95 bits per heavy atom. The van der Waals surface area contributed by atoms with Crippen molar-refractivity contribution in [1.29, 1.82) is 0 Å². The Kier molecular flexibility index (Phi) is 8.49. The molecule has 2 aromatic heterocycles. The monoisotopic (exact) mass is 648 g/mol. The van der Waals surface area contributed by atoms with Gasteiger partial charge in [-0.2, -0.15) is 0 Å². The number of nitrogens with one attached hydrogen (secondary N) is 2. The van der Waals surface area contributed by atoms with E-state index in [2.05, 4.69) is 65.4 Å². The van der Waals surface area contributed by atoms with E-state index in [0.29, 0.717) is 37.7 Å². The van der Waals surface area contributed by atoms with Crippen LogP contribution in [0.25, 0.3) is 10.2 Å². The molecule has 0 bridgehead atoms. The number of aromatic nitrogens is 2. The molecule has 1 saturated heterocycles. The largest absolute Gasteiger partial charge is 0.494 e. The highest BCUT2D eigenvalue weighted by Gasteiger charge is 2.24. The minimum absolute atomic E-state index is 0.209. The van der Waals surface area contributed by atoms with Crippen LogP contribution in [0.1, 0.15) is 22.8 Å². The zero-order valence-corrected chi connectivity index (χ0v) is 25.6. The molecule has 39 heavy (non-hydrogen) atoms. The first-order chi connectivity index (χ1) is 18.8. The molecule has 204 valence electrons. The molecule has 0 atom stereocenters. The van der Waals surface area contributed by atoms with E-state index in [4.69, 9.17) is 27.9 Å². The highest BCUT2D eigenvalue weighted by atomic mass is 79.9. The van der Waals surface area contributed by atoms with Gasteiger partial charge in [0.05, 0.1) is 38.1 Å². The van der Waals surface area contributed by atoms with Gasteiger partial charge in [-0.15, -0.1) is 11.3 Å². The first-order valence-electron chi connectivity index (χ1n) is 12.4. The maximum Gasteiger partial charge on any atom is 0.258 e. The van der Waals surface area contributed by atoms with Gasteiger partial charge in [0.1, 0.15) is 11.3 Å². The molecule has 8 nitrogen and oxygen atoms in total. The fourth-order valence-corrected chi connectivity index (χ4v) is 6.90. The van der Waals surface area contributed by atoms with Crippen molar-refractivity contribution in [3.63, 3.8) is 0 Å². The van der Waals surface area contributed by atoms with Crippen molar-refractivity contribution in [3.05, 3.63) is 61.6 Å². The molecule has 1 amide bonds. The Morgan fingerprint density at radius 3 is 2.67 bits per heavy atom. The number of amides is 1. The third kappa shape index (κ3) is 5.53. The lowest BCUT2D eigenvalue weighted by atomic mass is 10.2. The van der Waals surface area contributed by atoms with Crippen LogP contribution in [0.2, 0.25) is 10.0 Å². The van der Waals surface area contributed by atoms with Gasteiger partial charge in [0, 0.05) is 42.9 Å². The van der Waals surface area contributed by atoms with Crippen LogP contribution >= 0.6 is 50.5 Å². The molecule has 5 rings (SSSR count). The van der Waals surface area contributed by atoms with E-state index in [9.17, 15) is 4.79 Å².